The van der Waals surface area contributed by atoms with Crippen molar-refractivity contribution in [2.45, 2.75) is 52.4 Å². The number of unbranched alkanes of at least 4 members (excludes halogenated alkanes) is 3. The maximum atomic E-state index is 2.29. The minimum atomic E-state index is 1.18. The number of allylic oxidation sites excluding steroid dienone is 6. The van der Waals surface area contributed by atoms with E-state index in [-0.39, 0.29) is 0 Å². The van der Waals surface area contributed by atoms with Gasteiger partial charge in [-0.1, -0.05) is 49.8 Å². The van der Waals surface area contributed by atoms with E-state index in [4.69, 9.17) is 0 Å². The van der Waals surface area contributed by atoms with E-state index in [9.17, 15) is 0 Å². The number of hydrogen-bond donors (Lipinski definition) is 0. The highest BCUT2D eigenvalue weighted by molar-refractivity contribution is 4.89. The number of hydrogen-bond acceptors (Lipinski definition) is 0. The largest absolute Gasteiger partial charge is 0.0917 e. The maximum Gasteiger partial charge on any atom is -0.0316 e. The monoisotopic (exact) mass is 192 g/mol. The lowest BCUT2D eigenvalue weighted by Gasteiger charge is -1.88. The van der Waals surface area contributed by atoms with Crippen LogP contribution >= 0.6 is 0 Å². The molecule has 80 valence electrons. The van der Waals surface area contributed by atoms with Crippen molar-refractivity contribution < 1.29 is 0 Å². The van der Waals surface area contributed by atoms with Crippen molar-refractivity contribution in [3.05, 3.63) is 36.5 Å². The minimum absolute atomic E-state index is 1.18. The third-order valence-electron chi connectivity index (χ3n) is 2.02. The Labute approximate surface area is 89.4 Å². The van der Waals surface area contributed by atoms with E-state index in [1.165, 1.54) is 38.5 Å². The third kappa shape index (κ3) is 11.2. The van der Waals surface area contributed by atoms with Crippen molar-refractivity contribution in [2.24, 2.45) is 0 Å². The Bertz CT molecular complexity index is 172. The maximum absolute atomic E-state index is 2.29. The summed E-state index contributed by atoms with van der Waals surface area (Å²) in [6, 6.07) is 0. The van der Waals surface area contributed by atoms with E-state index in [2.05, 4.69) is 50.3 Å². The second-order valence-electron chi connectivity index (χ2n) is 3.46. The summed E-state index contributed by atoms with van der Waals surface area (Å²) >= 11 is 0. The van der Waals surface area contributed by atoms with Crippen LogP contribution in [0.4, 0.5) is 0 Å². The molecule has 14 heavy (non-hydrogen) atoms. The van der Waals surface area contributed by atoms with Gasteiger partial charge < -0.3 is 0 Å². The van der Waals surface area contributed by atoms with Crippen molar-refractivity contribution in [2.75, 3.05) is 0 Å². The highest BCUT2D eigenvalue weighted by atomic mass is 13.8. The van der Waals surface area contributed by atoms with Gasteiger partial charge in [0.05, 0.1) is 0 Å². The molecular formula is C14H24. The lowest BCUT2D eigenvalue weighted by atomic mass is 10.2. The van der Waals surface area contributed by atoms with Gasteiger partial charge in [0.25, 0.3) is 0 Å². The first kappa shape index (κ1) is 13.2. The zero-order chi connectivity index (χ0) is 10.5. The standard InChI is InChI=1S/C14H24/c1-3-5-7-9-11-13-14-12-10-8-6-4-2/h3,5,8,10-11,13H,4,6-7,9,12,14H2,1-2H3. The van der Waals surface area contributed by atoms with Gasteiger partial charge >= 0.3 is 0 Å². The molecular weight excluding hydrogens is 168 g/mol. The molecule has 0 aliphatic heterocycles. The SMILES string of the molecule is CC=CCCC=CCCC=CCCC. The summed E-state index contributed by atoms with van der Waals surface area (Å²) in [4.78, 5) is 0. The molecule has 0 aromatic rings. The van der Waals surface area contributed by atoms with Gasteiger partial charge in [0, 0.05) is 0 Å². The van der Waals surface area contributed by atoms with Gasteiger partial charge in [-0.25, -0.2) is 0 Å². The van der Waals surface area contributed by atoms with Crippen LogP contribution < -0.4 is 0 Å². The molecule has 0 aliphatic carbocycles. The Balaban J connectivity index is 3.18. The average molecular weight is 192 g/mol. The quantitative estimate of drug-likeness (QED) is 0.373. The third-order valence-corrected chi connectivity index (χ3v) is 2.02. The van der Waals surface area contributed by atoms with Gasteiger partial charge in [0.15, 0.2) is 0 Å². The second-order valence-corrected chi connectivity index (χ2v) is 3.46. The molecule has 0 fully saturated rings. The first-order valence-corrected chi connectivity index (χ1v) is 5.83. The molecule has 0 rings (SSSR count). The van der Waals surface area contributed by atoms with Gasteiger partial charge in [0.1, 0.15) is 0 Å². The van der Waals surface area contributed by atoms with Crippen molar-refractivity contribution in [3.8, 4) is 0 Å². The summed E-state index contributed by atoms with van der Waals surface area (Å²) in [7, 11) is 0. The Kier molecular flexibility index (Phi) is 11.5. The average Bonchev–Trinajstić information content (AvgIpc) is 2.21. The highest BCUT2D eigenvalue weighted by Crippen LogP contribution is 1.98. The van der Waals surface area contributed by atoms with Crippen molar-refractivity contribution in [3.63, 3.8) is 0 Å². The molecule has 0 heterocycles. The minimum Gasteiger partial charge on any atom is -0.0917 e. The normalized spacial score (nSPS) is 12.4. The second kappa shape index (κ2) is 12.2. The van der Waals surface area contributed by atoms with Crippen molar-refractivity contribution >= 4 is 0 Å². The Hall–Kier alpha value is -0.780. The molecule has 0 spiro atoms. The molecule has 0 nitrogen and oxygen atoms in total. The van der Waals surface area contributed by atoms with Crippen LogP contribution in [-0.4, -0.2) is 0 Å². The van der Waals surface area contributed by atoms with Crippen LogP contribution in [-0.2, 0) is 0 Å². The van der Waals surface area contributed by atoms with Crippen molar-refractivity contribution in [1.29, 1.82) is 0 Å². The highest BCUT2D eigenvalue weighted by Gasteiger charge is 1.78. The Morgan fingerprint density at radius 1 is 0.643 bits per heavy atom. The van der Waals surface area contributed by atoms with Gasteiger partial charge in [0.2, 0.25) is 0 Å². The summed E-state index contributed by atoms with van der Waals surface area (Å²) in [5.41, 5.74) is 0. The molecule has 0 aromatic heterocycles. The van der Waals surface area contributed by atoms with Crippen LogP contribution in [0.5, 0.6) is 0 Å². The first-order valence-electron chi connectivity index (χ1n) is 5.83. The molecule has 0 saturated heterocycles. The molecule has 0 amide bonds. The van der Waals surface area contributed by atoms with E-state index in [1.807, 2.05) is 0 Å². The Morgan fingerprint density at radius 3 is 1.50 bits per heavy atom. The van der Waals surface area contributed by atoms with E-state index >= 15 is 0 Å². The van der Waals surface area contributed by atoms with Crippen LogP contribution in [0.3, 0.4) is 0 Å². The zero-order valence-corrected chi connectivity index (χ0v) is 9.71. The molecule has 0 atom stereocenters. The van der Waals surface area contributed by atoms with Gasteiger partial charge in [-0.15, -0.1) is 0 Å². The summed E-state index contributed by atoms with van der Waals surface area (Å²) in [6.07, 6.45) is 20.7. The topological polar surface area (TPSA) is 0 Å². The molecule has 0 radical (unpaired) electrons. The van der Waals surface area contributed by atoms with E-state index in [0.29, 0.717) is 0 Å². The van der Waals surface area contributed by atoms with Gasteiger partial charge in [-0.3, -0.25) is 0 Å². The molecule has 0 saturated carbocycles. The smallest absolute Gasteiger partial charge is 0.0316 e. The van der Waals surface area contributed by atoms with E-state index in [1.54, 1.807) is 0 Å². The fourth-order valence-electron chi connectivity index (χ4n) is 1.19. The van der Waals surface area contributed by atoms with Crippen LogP contribution in [0, 0.1) is 0 Å². The van der Waals surface area contributed by atoms with Crippen LogP contribution in [0.1, 0.15) is 52.4 Å². The molecule has 0 aliphatic rings. The molecule has 0 bridgehead atoms. The molecule has 0 unspecified atom stereocenters. The summed E-state index contributed by atoms with van der Waals surface area (Å²) in [6.45, 7) is 4.29. The fourth-order valence-corrected chi connectivity index (χ4v) is 1.19. The van der Waals surface area contributed by atoms with Gasteiger partial charge in [-0.2, -0.15) is 0 Å². The Morgan fingerprint density at radius 2 is 1.07 bits per heavy atom. The molecule has 0 N–H and O–H groups in total. The predicted octanol–water partition coefficient (Wildman–Crippen LogP) is 5.04. The lowest BCUT2D eigenvalue weighted by molar-refractivity contribution is 0.941. The molecule has 0 heteroatoms. The lowest BCUT2D eigenvalue weighted by Crippen LogP contribution is -1.68. The first-order chi connectivity index (χ1) is 6.91. The summed E-state index contributed by atoms with van der Waals surface area (Å²) in [5, 5.41) is 0. The zero-order valence-electron chi connectivity index (χ0n) is 9.71. The van der Waals surface area contributed by atoms with E-state index in [0.717, 1.165) is 0 Å². The summed E-state index contributed by atoms with van der Waals surface area (Å²) in [5.74, 6) is 0. The molecule has 0 aromatic carbocycles. The summed E-state index contributed by atoms with van der Waals surface area (Å²) < 4.78 is 0. The van der Waals surface area contributed by atoms with Gasteiger partial charge in [-0.05, 0) is 39.0 Å². The van der Waals surface area contributed by atoms with Crippen LogP contribution in [0.15, 0.2) is 36.5 Å². The van der Waals surface area contributed by atoms with Crippen LogP contribution in [0.2, 0.25) is 0 Å². The fraction of sp³-hybridized carbons (Fsp3) is 0.571. The predicted molar refractivity (Wildman–Crippen MR) is 66.5 cm³/mol. The van der Waals surface area contributed by atoms with Crippen molar-refractivity contribution in [1.82, 2.24) is 0 Å². The van der Waals surface area contributed by atoms with E-state index < -0.39 is 0 Å². The number of rotatable bonds is 8. The van der Waals surface area contributed by atoms with Crippen LogP contribution in [0.25, 0.3) is 0 Å².